The van der Waals surface area contributed by atoms with Crippen LogP contribution >= 0.6 is 0 Å². The van der Waals surface area contributed by atoms with Gasteiger partial charge in [0.1, 0.15) is 5.78 Å². The third-order valence-corrected chi connectivity index (χ3v) is 2.04. The molecule has 0 aromatic carbocycles. The van der Waals surface area contributed by atoms with E-state index in [2.05, 4.69) is 6.92 Å². The smallest absolute Gasteiger partial charge is 0.536 e. The van der Waals surface area contributed by atoms with Crippen LogP contribution in [0.5, 0.6) is 0 Å². The Balaban J connectivity index is 0. The van der Waals surface area contributed by atoms with Crippen molar-refractivity contribution in [2.45, 2.75) is 38.5 Å². The molecule has 1 atom stereocenters. The summed E-state index contributed by atoms with van der Waals surface area (Å²) in [6, 6.07) is 0. The van der Waals surface area contributed by atoms with E-state index in [-0.39, 0.29) is 49.2 Å². The molecule has 1 aliphatic rings. The molecule has 1 rings (SSSR count). The van der Waals surface area contributed by atoms with Gasteiger partial charge in [-0.05, 0) is 18.8 Å². The van der Waals surface area contributed by atoms with Crippen molar-refractivity contribution in [1.29, 1.82) is 0 Å². The molecule has 0 amide bonds. The number of carbonyl (C=O) groups is 1. The van der Waals surface area contributed by atoms with E-state index in [1.54, 1.807) is 6.92 Å². The second kappa shape index (κ2) is 8.41. The van der Waals surface area contributed by atoms with Crippen LogP contribution in [0.1, 0.15) is 32.6 Å². The van der Waals surface area contributed by atoms with E-state index in [0.717, 1.165) is 0 Å². The predicted octanol–water partition coefficient (Wildman–Crippen LogP) is 2.33. The number of halogens is 2. The molecule has 1 fully saturated rings. The fourth-order valence-electron chi connectivity index (χ4n) is 1.47. The second-order valence-electron chi connectivity index (χ2n) is 3.16. The standard InChI is InChI=1S/C8H9F2O2.C2H5.U/c9-8(10,5-11)4-6-1-2-7(12)3-6;1-2;/h6H,1-4H2;1H2,2H3;/q2*-1;+2. The van der Waals surface area contributed by atoms with E-state index in [1.165, 1.54) is 0 Å². The molecule has 0 aromatic heterocycles. The van der Waals surface area contributed by atoms with Crippen molar-refractivity contribution in [2.75, 3.05) is 0 Å². The summed E-state index contributed by atoms with van der Waals surface area (Å²) >= 11 is 0. The van der Waals surface area contributed by atoms with E-state index >= 15 is 0 Å². The van der Waals surface area contributed by atoms with Gasteiger partial charge in [0, 0.05) is 12.8 Å². The van der Waals surface area contributed by atoms with Gasteiger partial charge >= 0.3 is 31.1 Å². The molecule has 84 valence electrons. The van der Waals surface area contributed by atoms with Crippen LogP contribution < -0.4 is 0 Å². The fourth-order valence-corrected chi connectivity index (χ4v) is 1.47. The van der Waals surface area contributed by atoms with Gasteiger partial charge in [0.2, 0.25) is 0 Å². The Morgan fingerprint density at radius 2 is 2.07 bits per heavy atom. The molecule has 0 radical (unpaired) electrons. The number of alkyl halides is 2. The Bertz CT molecular complexity index is 208. The first-order valence-corrected chi connectivity index (χ1v) is 4.53. The molecular formula is C10H14F2O2U. The molecule has 1 aliphatic carbocycles. The van der Waals surface area contributed by atoms with Gasteiger partial charge < -0.3 is 11.7 Å². The molecular weight excluding hydrogens is 428 g/mol. The Labute approximate surface area is 113 Å². The van der Waals surface area contributed by atoms with Crippen molar-refractivity contribution in [2.24, 2.45) is 5.92 Å². The van der Waals surface area contributed by atoms with Gasteiger partial charge in [0.05, 0.1) is 0 Å². The maximum absolute atomic E-state index is 12.4. The number of carbonyl (C=O) groups excluding carboxylic acids is 2. The summed E-state index contributed by atoms with van der Waals surface area (Å²) in [5.41, 5.74) is 0. The molecule has 0 N–H and O–H groups in total. The number of ketones is 1. The molecule has 1 saturated carbocycles. The normalized spacial score (nSPS) is 20.0. The summed E-state index contributed by atoms with van der Waals surface area (Å²) < 4.78 is 24.8. The maximum Gasteiger partial charge on any atom is 2.00 e. The number of hydrogen-bond donors (Lipinski definition) is 0. The Morgan fingerprint density at radius 3 is 2.40 bits per heavy atom. The van der Waals surface area contributed by atoms with Crippen LogP contribution in [0.4, 0.5) is 8.78 Å². The van der Waals surface area contributed by atoms with Gasteiger partial charge in [0.25, 0.3) is 0 Å². The zero-order valence-corrected chi connectivity index (χ0v) is 12.8. The second-order valence-corrected chi connectivity index (χ2v) is 3.16. The summed E-state index contributed by atoms with van der Waals surface area (Å²) in [5.74, 6) is -3.68. The Hall–Kier alpha value is 0.252. The van der Waals surface area contributed by atoms with Crippen molar-refractivity contribution in [1.82, 2.24) is 0 Å². The first-order chi connectivity index (χ1) is 6.53. The van der Waals surface area contributed by atoms with Crippen LogP contribution in [0.15, 0.2) is 0 Å². The largest absolute Gasteiger partial charge is 2.00 e. The van der Waals surface area contributed by atoms with Crippen molar-refractivity contribution in [3.8, 4) is 0 Å². The van der Waals surface area contributed by atoms with E-state index in [0.29, 0.717) is 19.1 Å². The van der Waals surface area contributed by atoms with E-state index in [9.17, 15) is 18.4 Å². The van der Waals surface area contributed by atoms with Gasteiger partial charge in [-0.1, -0.05) is 0 Å². The van der Waals surface area contributed by atoms with E-state index < -0.39 is 12.3 Å². The van der Waals surface area contributed by atoms with E-state index in [4.69, 9.17) is 0 Å². The number of hydrogen-bond acceptors (Lipinski definition) is 2. The molecule has 0 saturated heterocycles. The first-order valence-electron chi connectivity index (χ1n) is 4.53. The zero-order chi connectivity index (χ0) is 11.2. The predicted molar refractivity (Wildman–Crippen MR) is 48.6 cm³/mol. The third-order valence-electron chi connectivity index (χ3n) is 2.04. The average Bonchev–Trinajstić information content (AvgIpc) is 2.54. The SMILES string of the molecule is O=[C-]C(F)(F)CC1CCC(=O)C1.[CH2-]C.[U+2]. The van der Waals surface area contributed by atoms with Crippen molar-refractivity contribution >= 4 is 12.1 Å². The first kappa shape index (κ1) is 17.6. The van der Waals surface area contributed by atoms with Crippen LogP contribution in [0.3, 0.4) is 0 Å². The monoisotopic (exact) mass is 442 g/mol. The van der Waals surface area contributed by atoms with Gasteiger partial charge in [-0.25, -0.2) is 8.78 Å². The van der Waals surface area contributed by atoms with E-state index in [1.807, 2.05) is 0 Å². The van der Waals surface area contributed by atoms with Crippen LogP contribution in [0.25, 0.3) is 0 Å². The minimum atomic E-state index is -3.37. The summed E-state index contributed by atoms with van der Waals surface area (Å²) in [4.78, 5) is 20.4. The minimum Gasteiger partial charge on any atom is -0.536 e. The van der Waals surface area contributed by atoms with Crippen LogP contribution in [0.2, 0.25) is 0 Å². The summed E-state index contributed by atoms with van der Waals surface area (Å²) in [6.07, 6.45) is 1.21. The van der Waals surface area contributed by atoms with Crippen molar-refractivity contribution < 1.29 is 49.5 Å². The topological polar surface area (TPSA) is 34.1 Å². The summed E-state index contributed by atoms with van der Waals surface area (Å²) in [7, 11) is 0. The Morgan fingerprint density at radius 1 is 1.53 bits per heavy atom. The molecule has 15 heavy (non-hydrogen) atoms. The quantitative estimate of drug-likeness (QED) is 0.630. The molecule has 0 bridgehead atoms. The van der Waals surface area contributed by atoms with Gasteiger partial charge in [-0.2, -0.15) is 13.2 Å². The molecule has 1 unspecified atom stereocenters. The summed E-state index contributed by atoms with van der Waals surface area (Å²) in [5, 5.41) is 0. The van der Waals surface area contributed by atoms with Crippen molar-refractivity contribution in [3.63, 3.8) is 0 Å². The van der Waals surface area contributed by atoms with Gasteiger partial charge in [-0.15, -0.1) is 0 Å². The molecule has 0 aromatic rings. The molecule has 5 heteroatoms. The number of Topliss-reactive ketones (excluding diaryl/α,β-unsaturated/α-hetero) is 1. The van der Waals surface area contributed by atoms with Crippen LogP contribution in [0, 0.1) is 44.0 Å². The van der Waals surface area contributed by atoms with Gasteiger partial charge in [-0.3, -0.25) is 4.79 Å². The fraction of sp³-hybridized carbons (Fsp3) is 0.700. The molecule has 2 nitrogen and oxygen atoms in total. The molecule has 0 aliphatic heterocycles. The molecule has 0 heterocycles. The zero-order valence-electron chi connectivity index (χ0n) is 8.69. The average molecular weight is 442 g/mol. The van der Waals surface area contributed by atoms with Crippen LogP contribution in [-0.2, 0) is 9.59 Å². The van der Waals surface area contributed by atoms with Crippen molar-refractivity contribution in [3.05, 3.63) is 6.92 Å². The third kappa shape index (κ3) is 7.19. The molecule has 0 spiro atoms. The number of rotatable bonds is 3. The Kier molecular flexibility index (Phi) is 9.89. The van der Waals surface area contributed by atoms with Gasteiger partial charge in [0.15, 0.2) is 5.92 Å². The minimum absolute atomic E-state index is 0. The van der Waals surface area contributed by atoms with Crippen LogP contribution in [-0.4, -0.2) is 18.0 Å². The summed E-state index contributed by atoms with van der Waals surface area (Å²) in [6.45, 7) is 5.00. The maximum atomic E-state index is 12.4.